The summed E-state index contributed by atoms with van der Waals surface area (Å²) in [5.41, 5.74) is 3.95. The minimum atomic E-state index is 0.0818. The van der Waals surface area contributed by atoms with E-state index in [1.807, 2.05) is 48.2 Å². The van der Waals surface area contributed by atoms with Crippen LogP contribution in [0.3, 0.4) is 0 Å². The Morgan fingerprint density at radius 3 is 2.56 bits per heavy atom. The minimum absolute atomic E-state index is 0.0818. The molecule has 2 aromatic carbocycles. The van der Waals surface area contributed by atoms with Crippen LogP contribution < -0.4 is 0 Å². The van der Waals surface area contributed by atoms with Crippen molar-refractivity contribution in [2.45, 2.75) is 19.8 Å². The molecule has 0 aromatic heterocycles. The summed E-state index contributed by atoms with van der Waals surface area (Å²) in [6.07, 6.45) is 2.45. The molecule has 1 amide bonds. The number of hydrogen-bond acceptors (Lipinski definition) is 2. The molecule has 0 atom stereocenters. The van der Waals surface area contributed by atoms with Gasteiger partial charge in [-0.3, -0.25) is 4.79 Å². The third kappa shape index (κ3) is 4.42. The first-order chi connectivity index (χ1) is 12.1. The summed E-state index contributed by atoms with van der Waals surface area (Å²) in [6.45, 7) is 4.05. The van der Waals surface area contributed by atoms with Crippen molar-refractivity contribution in [3.63, 3.8) is 0 Å². The van der Waals surface area contributed by atoms with E-state index < -0.39 is 0 Å². The number of carbonyl (C=O) groups excluding carboxylic acids is 1. The van der Waals surface area contributed by atoms with Gasteiger partial charge >= 0.3 is 0 Å². The van der Waals surface area contributed by atoms with E-state index in [2.05, 4.69) is 6.07 Å². The van der Waals surface area contributed by atoms with Gasteiger partial charge in [0.05, 0.1) is 6.61 Å². The van der Waals surface area contributed by atoms with E-state index in [1.165, 1.54) is 12.8 Å². The Bertz CT molecular complexity index is 738. The lowest BCUT2D eigenvalue weighted by Crippen LogP contribution is -2.35. The molecule has 1 saturated carbocycles. The Hall–Kier alpha value is -1.84. The number of methoxy groups -OCH3 is 1. The van der Waals surface area contributed by atoms with Crippen molar-refractivity contribution in [2.75, 3.05) is 26.8 Å². The Kier molecular flexibility index (Phi) is 5.77. The van der Waals surface area contributed by atoms with Crippen molar-refractivity contribution >= 4 is 17.5 Å². The second-order valence-electron chi connectivity index (χ2n) is 6.68. The molecule has 0 heterocycles. The number of halogens is 1. The molecule has 0 unspecified atom stereocenters. The van der Waals surface area contributed by atoms with Gasteiger partial charge in [-0.25, -0.2) is 0 Å². The Morgan fingerprint density at radius 1 is 1.20 bits per heavy atom. The number of nitrogens with zero attached hydrogens (tertiary/aromatic N) is 1. The maximum atomic E-state index is 12.8. The van der Waals surface area contributed by atoms with Gasteiger partial charge in [-0.15, -0.1) is 0 Å². The molecule has 2 aromatic rings. The zero-order valence-electron chi connectivity index (χ0n) is 14.8. The van der Waals surface area contributed by atoms with E-state index in [0.717, 1.165) is 33.8 Å². The molecular weight excluding hydrogens is 334 g/mol. The van der Waals surface area contributed by atoms with Crippen LogP contribution in [0.2, 0.25) is 5.02 Å². The average molecular weight is 358 g/mol. The predicted octanol–water partition coefficient (Wildman–Crippen LogP) is 4.81. The van der Waals surface area contributed by atoms with E-state index in [0.29, 0.717) is 19.1 Å². The van der Waals surface area contributed by atoms with Gasteiger partial charge in [0.1, 0.15) is 0 Å². The molecule has 0 radical (unpaired) electrons. The highest BCUT2D eigenvalue weighted by molar-refractivity contribution is 6.31. The summed E-state index contributed by atoms with van der Waals surface area (Å²) in [6, 6.07) is 13.7. The van der Waals surface area contributed by atoms with Crippen molar-refractivity contribution in [1.29, 1.82) is 0 Å². The SMILES string of the molecule is COCCN(CC1CC1)C(=O)c1ccc(-c2cccc(Cl)c2C)cc1. The normalized spacial score (nSPS) is 13.7. The molecule has 1 fully saturated rings. The van der Waals surface area contributed by atoms with Gasteiger partial charge in [0.15, 0.2) is 0 Å². The molecule has 4 heteroatoms. The quantitative estimate of drug-likeness (QED) is 0.711. The van der Waals surface area contributed by atoms with E-state index in [9.17, 15) is 4.79 Å². The van der Waals surface area contributed by atoms with Gasteiger partial charge in [-0.05, 0) is 60.6 Å². The standard InChI is InChI=1S/C21H24ClNO2/c1-15-19(4-3-5-20(15)22)17-8-10-18(11-9-17)21(24)23(12-13-25-2)14-16-6-7-16/h3-5,8-11,16H,6-7,12-14H2,1-2H3. The number of ether oxygens (including phenoxy) is 1. The molecule has 0 spiro atoms. The highest BCUT2D eigenvalue weighted by atomic mass is 35.5. The molecule has 1 aliphatic carbocycles. The van der Waals surface area contributed by atoms with Gasteiger partial charge in [-0.1, -0.05) is 35.9 Å². The van der Waals surface area contributed by atoms with Crippen LogP contribution in [0.25, 0.3) is 11.1 Å². The Labute approximate surface area is 154 Å². The van der Waals surface area contributed by atoms with Gasteiger partial charge in [-0.2, -0.15) is 0 Å². The molecule has 1 aliphatic rings. The lowest BCUT2D eigenvalue weighted by Gasteiger charge is -2.22. The number of rotatable bonds is 7. The Balaban J connectivity index is 1.78. The fourth-order valence-electron chi connectivity index (χ4n) is 2.98. The molecule has 132 valence electrons. The van der Waals surface area contributed by atoms with Crippen LogP contribution >= 0.6 is 11.6 Å². The van der Waals surface area contributed by atoms with Crippen LogP contribution in [0.15, 0.2) is 42.5 Å². The lowest BCUT2D eigenvalue weighted by atomic mass is 9.99. The Morgan fingerprint density at radius 2 is 1.92 bits per heavy atom. The molecule has 0 aliphatic heterocycles. The highest BCUT2D eigenvalue weighted by Gasteiger charge is 2.27. The first-order valence-electron chi connectivity index (χ1n) is 8.74. The number of hydrogen-bond donors (Lipinski definition) is 0. The zero-order valence-corrected chi connectivity index (χ0v) is 15.6. The van der Waals surface area contributed by atoms with Gasteiger partial charge in [0.25, 0.3) is 5.91 Å². The smallest absolute Gasteiger partial charge is 0.253 e. The first-order valence-corrected chi connectivity index (χ1v) is 9.11. The van der Waals surface area contributed by atoms with E-state index >= 15 is 0 Å². The summed E-state index contributed by atoms with van der Waals surface area (Å²) >= 11 is 6.22. The third-order valence-corrected chi connectivity index (χ3v) is 5.15. The van der Waals surface area contributed by atoms with Crippen LogP contribution in [0.1, 0.15) is 28.8 Å². The van der Waals surface area contributed by atoms with Gasteiger partial charge in [0.2, 0.25) is 0 Å². The summed E-state index contributed by atoms with van der Waals surface area (Å²) < 4.78 is 5.16. The van der Waals surface area contributed by atoms with Crippen molar-refractivity contribution < 1.29 is 9.53 Å². The van der Waals surface area contributed by atoms with Crippen molar-refractivity contribution in [1.82, 2.24) is 4.90 Å². The molecular formula is C21H24ClNO2. The van der Waals surface area contributed by atoms with E-state index in [-0.39, 0.29) is 5.91 Å². The topological polar surface area (TPSA) is 29.5 Å². The van der Waals surface area contributed by atoms with Crippen LogP contribution in [0.5, 0.6) is 0 Å². The molecule has 3 nitrogen and oxygen atoms in total. The maximum absolute atomic E-state index is 12.8. The van der Waals surface area contributed by atoms with Gasteiger partial charge in [0, 0.05) is 30.8 Å². The van der Waals surface area contributed by atoms with Crippen LogP contribution in [0, 0.1) is 12.8 Å². The van der Waals surface area contributed by atoms with Gasteiger partial charge < -0.3 is 9.64 Å². The largest absolute Gasteiger partial charge is 0.383 e. The average Bonchev–Trinajstić information content (AvgIpc) is 3.45. The molecule has 0 bridgehead atoms. The fraction of sp³-hybridized carbons (Fsp3) is 0.381. The van der Waals surface area contributed by atoms with Crippen molar-refractivity contribution in [3.05, 3.63) is 58.6 Å². The summed E-state index contributed by atoms with van der Waals surface area (Å²) in [7, 11) is 1.67. The summed E-state index contributed by atoms with van der Waals surface area (Å²) in [5, 5.41) is 0.757. The number of carbonyl (C=O) groups is 1. The predicted molar refractivity (Wildman–Crippen MR) is 102 cm³/mol. The minimum Gasteiger partial charge on any atom is -0.383 e. The second-order valence-corrected chi connectivity index (χ2v) is 7.08. The molecule has 3 rings (SSSR count). The van der Waals surface area contributed by atoms with E-state index in [4.69, 9.17) is 16.3 Å². The summed E-state index contributed by atoms with van der Waals surface area (Å²) in [5.74, 6) is 0.743. The van der Waals surface area contributed by atoms with Crippen molar-refractivity contribution in [2.24, 2.45) is 5.92 Å². The van der Waals surface area contributed by atoms with E-state index in [1.54, 1.807) is 7.11 Å². The number of amides is 1. The monoisotopic (exact) mass is 357 g/mol. The maximum Gasteiger partial charge on any atom is 0.253 e. The fourth-order valence-corrected chi connectivity index (χ4v) is 3.16. The highest BCUT2D eigenvalue weighted by Crippen LogP contribution is 2.31. The molecule has 0 saturated heterocycles. The zero-order chi connectivity index (χ0) is 17.8. The van der Waals surface area contributed by atoms with Crippen LogP contribution in [0.4, 0.5) is 0 Å². The summed E-state index contributed by atoms with van der Waals surface area (Å²) in [4.78, 5) is 14.7. The van der Waals surface area contributed by atoms with Crippen LogP contribution in [-0.2, 0) is 4.74 Å². The first kappa shape index (κ1) is 18.0. The van der Waals surface area contributed by atoms with Crippen LogP contribution in [-0.4, -0.2) is 37.6 Å². The lowest BCUT2D eigenvalue weighted by molar-refractivity contribution is 0.0686. The number of benzene rings is 2. The second kappa shape index (κ2) is 8.03. The molecule has 0 N–H and O–H groups in total. The molecule has 25 heavy (non-hydrogen) atoms. The van der Waals surface area contributed by atoms with Crippen molar-refractivity contribution in [3.8, 4) is 11.1 Å². The third-order valence-electron chi connectivity index (χ3n) is 4.74.